The lowest BCUT2D eigenvalue weighted by atomic mass is 10.2. The van der Waals surface area contributed by atoms with Crippen LogP contribution in [0.15, 0.2) is 27.4 Å². The molecule has 1 heterocycles. The van der Waals surface area contributed by atoms with Crippen LogP contribution in [0, 0.1) is 0 Å². The first-order chi connectivity index (χ1) is 7.04. The fraction of sp³-hybridized carbons (Fsp3) is 0.200. The van der Waals surface area contributed by atoms with Crippen LogP contribution in [0.2, 0.25) is 0 Å². The zero-order valence-corrected chi connectivity index (χ0v) is 8.06. The molecule has 0 radical (unpaired) electrons. The molecule has 0 amide bonds. The van der Waals surface area contributed by atoms with E-state index in [9.17, 15) is 9.59 Å². The second kappa shape index (κ2) is 4.56. The van der Waals surface area contributed by atoms with Gasteiger partial charge in [-0.15, -0.1) is 0 Å². The largest absolute Gasteiger partial charge is 0.478 e. The van der Waals surface area contributed by atoms with Crippen molar-refractivity contribution in [3.63, 3.8) is 0 Å². The molecule has 0 aromatic carbocycles. The number of rotatable bonds is 3. The van der Waals surface area contributed by atoms with E-state index >= 15 is 0 Å². The van der Waals surface area contributed by atoms with Crippen LogP contribution < -0.4 is 5.63 Å². The Labute approximate surface area is 85.3 Å². The minimum absolute atomic E-state index is 0.141. The topological polar surface area (TPSA) is 87.7 Å². The number of carboxylic acid groups (broad SMARTS) is 1. The van der Waals surface area contributed by atoms with E-state index in [1.54, 1.807) is 0 Å². The molecule has 0 saturated carbocycles. The number of hydrogen-bond acceptors (Lipinski definition) is 4. The minimum Gasteiger partial charge on any atom is -0.478 e. The summed E-state index contributed by atoms with van der Waals surface area (Å²) >= 11 is 0. The Hall–Kier alpha value is -1.88. The number of hydrogen-bond donors (Lipinski definition) is 2. The molecule has 0 fully saturated rings. The van der Waals surface area contributed by atoms with E-state index in [0.29, 0.717) is 5.57 Å². The van der Waals surface area contributed by atoms with E-state index in [1.807, 2.05) is 0 Å². The van der Waals surface area contributed by atoms with Crippen molar-refractivity contribution in [3.8, 4) is 0 Å². The molecular weight excluding hydrogens is 200 g/mol. The molecule has 5 nitrogen and oxygen atoms in total. The van der Waals surface area contributed by atoms with E-state index in [2.05, 4.69) is 0 Å². The molecule has 0 aliphatic rings. The Morgan fingerprint density at radius 1 is 1.53 bits per heavy atom. The molecule has 15 heavy (non-hydrogen) atoms. The summed E-state index contributed by atoms with van der Waals surface area (Å²) in [4.78, 5) is 21.5. The summed E-state index contributed by atoms with van der Waals surface area (Å²) < 4.78 is 4.81. The zero-order chi connectivity index (χ0) is 11.4. The van der Waals surface area contributed by atoms with Gasteiger partial charge in [-0.05, 0) is 24.6 Å². The molecule has 80 valence electrons. The molecule has 0 aliphatic carbocycles. The van der Waals surface area contributed by atoms with Crippen LogP contribution in [0.1, 0.15) is 18.2 Å². The van der Waals surface area contributed by atoms with Crippen LogP contribution in [0.5, 0.6) is 0 Å². The highest BCUT2D eigenvalue weighted by Crippen LogP contribution is 2.11. The van der Waals surface area contributed by atoms with Gasteiger partial charge < -0.3 is 14.6 Å². The van der Waals surface area contributed by atoms with Crippen LogP contribution in [0.25, 0.3) is 5.57 Å². The third-order valence-corrected chi connectivity index (χ3v) is 1.80. The highest BCUT2D eigenvalue weighted by molar-refractivity contribution is 5.88. The molecule has 5 heteroatoms. The zero-order valence-electron chi connectivity index (χ0n) is 8.06. The first-order valence-electron chi connectivity index (χ1n) is 4.20. The standard InChI is InChI=1S/C10H10O5/c1-6(4-9(12)13)8-3-2-7(5-11)10(14)15-8/h2-4,11H,5H2,1H3,(H,12,13)/b6-4+. The summed E-state index contributed by atoms with van der Waals surface area (Å²) in [7, 11) is 0. The average Bonchev–Trinajstić information content (AvgIpc) is 2.16. The maximum absolute atomic E-state index is 11.2. The summed E-state index contributed by atoms with van der Waals surface area (Å²) in [6.45, 7) is 1.12. The maximum Gasteiger partial charge on any atom is 0.341 e. The summed E-state index contributed by atoms with van der Waals surface area (Å²) in [5.41, 5.74) is -0.181. The van der Waals surface area contributed by atoms with Gasteiger partial charge in [0.05, 0.1) is 12.2 Å². The van der Waals surface area contributed by atoms with Crippen molar-refractivity contribution < 1.29 is 19.4 Å². The summed E-state index contributed by atoms with van der Waals surface area (Å²) in [6, 6.07) is 2.85. The van der Waals surface area contributed by atoms with Gasteiger partial charge in [0.2, 0.25) is 0 Å². The third kappa shape index (κ3) is 2.78. The Bertz CT molecular complexity index is 455. The monoisotopic (exact) mass is 210 g/mol. The molecule has 0 aliphatic heterocycles. The van der Waals surface area contributed by atoms with Crippen molar-refractivity contribution in [1.82, 2.24) is 0 Å². The Morgan fingerprint density at radius 2 is 2.20 bits per heavy atom. The molecule has 1 aromatic heterocycles. The predicted octanol–water partition coefficient (Wildman–Crippen LogP) is 0.620. The van der Waals surface area contributed by atoms with Gasteiger partial charge in [-0.1, -0.05) is 0 Å². The molecular formula is C10H10O5. The summed E-state index contributed by atoms with van der Waals surface area (Å²) in [6.07, 6.45) is 0.941. The van der Waals surface area contributed by atoms with Gasteiger partial charge in [-0.2, -0.15) is 0 Å². The van der Waals surface area contributed by atoms with Gasteiger partial charge in [0.15, 0.2) is 0 Å². The molecule has 2 N–H and O–H groups in total. The van der Waals surface area contributed by atoms with Crippen LogP contribution in [-0.2, 0) is 11.4 Å². The molecule has 0 unspecified atom stereocenters. The first kappa shape index (κ1) is 11.2. The van der Waals surface area contributed by atoms with Gasteiger partial charge in [-0.3, -0.25) is 0 Å². The van der Waals surface area contributed by atoms with Crippen molar-refractivity contribution in [2.24, 2.45) is 0 Å². The quantitative estimate of drug-likeness (QED) is 0.714. The van der Waals surface area contributed by atoms with E-state index in [1.165, 1.54) is 19.1 Å². The lowest BCUT2D eigenvalue weighted by molar-refractivity contribution is -0.131. The molecule has 0 bridgehead atoms. The summed E-state index contributed by atoms with van der Waals surface area (Å²) in [5, 5.41) is 17.2. The molecule has 1 aromatic rings. The second-order valence-electron chi connectivity index (χ2n) is 2.94. The van der Waals surface area contributed by atoms with Gasteiger partial charge in [0, 0.05) is 6.08 Å². The SMILES string of the molecule is C/C(=C\C(=O)O)c1ccc(CO)c(=O)o1. The molecule has 0 saturated heterocycles. The second-order valence-corrected chi connectivity index (χ2v) is 2.94. The van der Waals surface area contributed by atoms with E-state index in [-0.39, 0.29) is 11.3 Å². The van der Waals surface area contributed by atoms with Crippen LogP contribution in [0.3, 0.4) is 0 Å². The van der Waals surface area contributed by atoms with Gasteiger partial charge >= 0.3 is 11.6 Å². The van der Waals surface area contributed by atoms with Gasteiger partial charge in [0.1, 0.15) is 5.76 Å². The predicted molar refractivity (Wildman–Crippen MR) is 52.2 cm³/mol. The average molecular weight is 210 g/mol. The van der Waals surface area contributed by atoms with E-state index < -0.39 is 18.2 Å². The van der Waals surface area contributed by atoms with Crippen LogP contribution in [-0.4, -0.2) is 16.2 Å². The van der Waals surface area contributed by atoms with Crippen LogP contribution in [0.4, 0.5) is 0 Å². The Kier molecular flexibility index (Phi) is 3.41. The fourth-order valence-electron chi connectivity index (χ4n) is 1.03. The lowest BCUT2D eigenvalue weighted by Crippen LogP contribution is -2.07. The number of aliphatic carboxylic acids is 1. The van der Waals surface area contributed by atoms with E-state index in [4.69, 9.17) is 14.6 Å². The van der Waals surface area contributed by atoms with Gasteiger partial charge in [-0.25, -0.2) is 9.59 Å². The van der Waals surface area contributed by atoms with E-state index in [0.717, 1.165) is 6.08 Å². The van der Waals surface area contributed by atoms with Crippen LogP contribution >= 0.6 is 0 Å². The molecule has 0 spiro atoms. The first-order valence-corrected chi connectivity index (χ1v) is 4.20. The minimum atomic E-state index is -1.11. The Morgan fingerprint density at radius 3 is 2.67 bits per heavy atom. The number of aliphatic hydroxyl groups is 1. The number of carboxylic acids is 1. The smallest absolute Gasteiger partial charge is 0.341 e. The normalized spacial score (nSPS) is 11.5. The molecule has 1 rings (SSSR count). The lowest BCUT2D eigenvalue weighted by Gasteiger charge is -1.99. The highest BCUT2D eigenvalue weighted by atomic mass is 16.4. The van der Waals surface area contributed by atoms with Crippen molar-refractivity contribution in [2.45, 2.75) is 13.5 Å². The van der Waals surface area contributed by atoms with Crippen molar-refractivity contribution >= 4 is 11.5 Å². The Balaban J connectivity index is 3.13. The number of carbonyl (C=O) groups is 1. The summed E-state index contributed by atoms with van der Waals surface area (Å²) in [5.74, 6) is -0.930. The highest BCUT2D eigenvalue weighted by Gasteiger charge is 2.05. The molecule has 0 atom stereocenters. The van der Waals surface area contributed by atoms with Crippen molar-refractivity contribution in [1.29, 1.82) is 0 Å². The van der Waals surface area contributed by atoms with Gasteiger partial charge in [0.25, 0.3) is 0 Å². The van der Waals surface area contributed by atoms with Crippen molar-refractivity contribution in [3.05, 3.63) is 40.0 Å². The third-order valence-electron chi connectivity index (χ3n) is 1.80. The fourth-order valence-corrected chi connectivity index (χ4v) is 1.03. The number of aliphatic hydroxyl groups excluding tert-OH is 1. The van der Waals surface area contributed by atoms with Crippen molar-refractivity contribution in [2.75, 3.05) is 0 Å². The number of allylic oxidation sites excluding steroid dienone is 1. The maximum atomic E-state index is 11.2.